The average molecular weight is 133 g/mol. The second kappa shape index (κ2) is 2.53. The van der Waals surface area contributed by atoms with Crippen LogP contribution in [0.3, 0.4) is 0 Å². The molecule has 1 aromatic carbocycles. The van der Waals surface area contributed by atoms with Crippen molar-refractivity contribution in [3.8, 4) is 12.3 Å². The van der Waals surface area contributed by atoms with E-state index in [0.717, 1.165) is 0 Å². The lowest BCUT2D eigenvalue weighted by molar-refractivity contribution is 0.619. The van der Waals surface area contributed by atoms with Crippen molar-refractivity contribution in [1.82, 2.24) is 0 Å². The van der Waals surface area contributed by atoms with E-state index in [1.54, 1.807) is 18.2 Å². The molecule has 10 heavy (non-hydrogen) atoms. The zero-order valence-electron chi connectivity index (χ0n) is 5.39. The number of terminal acetylenes is 1. The maximum absolute atomic E-state index is 12.8. The Balaban J connectivity index is 3.31. The fourth-order valence-corrected chi connectivity index (χ4v) is 0.691. The fraction of sp³-hybridized carbons (Fsp3) is 0. The Morgan fingerprint density at radius 1 is 1.50 bits per heavy atom. The topological polar surface area (TPSA) is 0 Å². The van der Waals surface area contributed by atoms with Crippen molar-refractivity contribution in [1.29, 1.82) is 0 Å². The molecular weight excluding hydrogens is 127 g/mol. The molecule has 0 bridgehead atoms. The van der Waals surface area contributed by atoms with Crippen LogP contribution in [-0.2, 0) is 0 Å². The molecule has 0 aliphatic carbocycles. The molecular formula is C9H6F. The first-order valence-electron chi connectivity index (χ1n) is 2.83. The van der Waals surface area contributed by atoms with E-state index in [9.17, 15) is 4.39 Å². The molecule has 0 aromatic heterocycles. The first kappa shape index (κ1) is 6.82. The van der Waals surface area contributed by atoms with E-state index in [1.165, 1.54) is 0 Å². The van der Waals surface area contributed by atoms with Gasteiger partial charge in [-0.1, -0.05) is 18.1 Å². The van der Waals surface area contributed by atoms with Gasteiger partial charge in [0.25, 0.3) is 0 Å². The van der Waals surface area contributed by atoms with E-state index < -0.39 is 5.82 Å². The minimum atomic E-state index is -0.398. The fourth-order valence-electron chi connectivity index (χ4n) is 0.691. The molecule has 0 heterocycles. The Labute approximate surface area is 59.7 Å². The number of hydrogen-bond acceptors (Lipinski definition) is 0. The summed E-state index contributed by atoms with van der Waals surface area (Å²) in [7, 11) is 0. The minimum Gasteiger partial charge on any atom is -0.205 e. The summed E-state index contributed by atoms with van der Waals surface area (Å²) in [5, 5.41) is 0. The van der Waals surface area contributed by atoms with E-state index in [-0.39, 0.29) is 5.56 Å². The first-order chi connectivity index (χ1) is 4.75. The van der Waals surface area contributed by atoms with Crippen molar-refractivity contribution in [2.24, 2.45) is 0 Å². The molecule has 0 fully saturated rings. The van der Waals surface area contributed by atoms with Crippen molar-refractivity contribution in [2.45, 2.75) is 0 Å². The van der Waals surface area contributed by atoms with Crippen LogP contribution in [0.1, 0.15) is 11.1 Å². The Morgan fingerprint density at radius 2 is 2.20 bits per heavy atom. The highest BCUT2D eigenvalue weighted by Gasteiger charge is 1.99. The Hall–Kier alpha value is -1.29. The van der Waals surface area contributed by atoms with Crippen LogP contribution < -0.4 is 0 Å². The molecule has 0 amide bonds. The molecule has 0 aliphatic heterocycles. The summed E-state index contributed by atoms with van der Waals surface area (Å²) in [6, 6.07) is 4.81. The lowest BCUT2D eigenvalue weighted by Gasteiger charge is -1.95. The van der Waals surface area contributed by atoms with E-state index in [2.05, 4.69) is 12.8 Å². The highest BCUT2D eigenvalue weighted by Crippen LogP contribution is 2.09. The number of hydrogen-bond donors (Lipinski definition) is 0. The van der Waals surface area contributed by atoms with Crippen molar-refractivity contribution in [3.63, 3.8) is 0 Å². The van der Waals surface area contributed by atoms with Crippen LogP contribution in [0.2, 0.25) is 0 Å². The van der Waals surface area contributed by atoms with Crippen LogP contribution in [0.15, 0.2) is 18.2 Å². The molecule has 0 atom stereocenters. The SMILES string of the molecule is C#Cc1cccc([CH2])c1F. The standard InChI is InChI=1S/C9H6F/c1-3-8-6-4-5-7(2)9(8)10/h1,4-6H,2H2. The molecule has 1 radical (unpaired) electrons. The van der Waals surface area contributed by atoms with E-state index in [1.807, 2.05) is 0 Å². The molecule has 0 saturated heterocycles. The van der Waals surface area contributed by atoms with Gasteiger partial charge in [-0.05, 0) is 18.6 Å². The van der Waals surface area contributed by atoms with Crippen LogP contribution in [-0.4, -0.2) is 0 Å². The van der Waals surface area contributed by atoms with Crippen LogP contribution >= 0.6 is 0 Å². The van der Waals surface area contributed by atoms with E-state index in [4.69, 9.17) is 6.42 Å². The van der Waals surface area contributed by atoms with Crippen LogP contribution in [0.25, 0.3) is 0 Å². The lowest BCUT2D eigenvalue weighted by Crippen LogP contribution is -1.85. The first-order valence-corrected chi connectivity index (χ1v) is 2.83. The monoisotopic (exact) mass is 133 g/mol. The Kier molecular flexibility index (Phi) is 1.73. The molecule has 1 aromatic rings. The van der Waals surface area contributed by atoms with Gasteiger partial charge in [-0.25, -0.2) is 4.39 Å². The number of rotatable bonds is 0. The Morgan fingerprint density at radius 3 is 2.70 bits per heavy atom. The third-order valence-corrected chi connectivity index (χ3v) is 1.23. The van der Waals surface area contributed by atoms with Gasteiger partial charge >= 0.3 is 0 Å². The second-order valence-electron chi connectivity index (χ2n) is 1.92. The van der Waals surface area contributed by atoms with Crippen molar-refractivity contribution in [3.05, 3.63) is 42.1 Å². The zero-order valence-corrected chi connectivity index (χ0v) is 5.39. The number of halogens is 1. The Bertz CT molecular complexity index is 281. The maximum Gasteiger partial charge on any atom is 0.141 e. The summed E-state index contributed by atoms with van der Waals surface area (Å²) >= 11 is 0. The zero-order chi connectivity index (χ0) is 7.56. The summed E-state index contributed by atoms with van der Waals surface area (Å²) in [4.78, 5) is 0. The van der Waals surface area contributed by atoms with Gasteiger partial charge in [0.15, 0.2) is 0 Å². The van der Waals surface area contributed by atoms with Gasteiger partial charge in [0.2, 0.25) is 0 Å². The van der Waals surface area contributed by atoms with Crippen molar-refractivity contribution >= 4 is 0 Å². The summed E-state index contributed by atoms with van der Waals surface area (Å²) < 4.78 is 12.8. The highest BCUT2D eigenvalue weighted by atomic mass is 19.1. The highest BCUT2D eigenvalue weighted by molar-refractivity contribution is 5.38. The third kappa shape index (κ3) is 1.01. The molecule has 0 unspecified atom stereocenters. The maximum atomic E-state index is 12.8. The molecule has 1 heteroatoms. The van der Waals surface area contributed by atoms with Gasteiger partial charge < -0.3 is 0 Å². The van der Waals surface area contributed by atoms with Gasteiger partial charge in [0.1, 0.15) is 5.82 Å². The van der Waals surface area contributed by atoms with Crippen LogP contribution in [0.4, 0.5) is 4.39 Å². The summed E-state index contributed by atoms with van der Waals surface area (Å²) in [6.07, 6.45) is 5.00. The van der Waals surface area contributed by atoms with E-state index in [0.29, 0.717) is 5.56 Å². The van der Waals surface area contributed by atoms with Crippen LogP contribution in [0, 0.1) is 25.1 Å². The van der Waals surface area contributed by atoms with E-state index >= 15 is 0 Å². The molecule has 0 N–H and O–H groups in total. The van der Waals surface area contributed by atoms with Gasteiger partial charge in [-0.15, -0.1) is 6.42 Å². The number of benzene rings is 1. The molecule has 0 spiro atoms. The largest absolute Gasteiger partial charge is 0.205 e. The normalized spacial score (nSPS) is 8.90. The van der Waals surface area contributed by atoms with Gasteiger partial charge in [-0.3, -0.25) is 0 Å². The second-order valence-corrected chi connectivity index (χ2v) is 1.92. The molecule has 0 nitrogen and oxygen atoms in total. The lowest BCUT2D eigenvalue weighted by atomic mass is 10.1. The van der Waals surface area contributed by atoms with Gasteiger partial charge in [0, 0.05) is 0 Å². The predicted molar refractivity (Wildman–Crippen MR) is 38.8 cm³/mol. The molecule has 0 saturated carbocycles. The van der Waals surface area contributed by atoms with Crippen molar-refractivity contribution in [2.75, 3.05) is 0 Å². The average Bonchev–Trinajstić information content (AvgIpc) is 1.95. The predicted octanol–water partition coefficient (Wildman–Crippen LogP) is 1.99. The summed E-state index contributed by atoms with van der Waals surface area (Å²) in [5.74, 6) is 1.82. The quantitative estimate of drug-likeness (QED) is 0.475. The van der Waals surface area contributed by atoms with Crippen molar-refractivity contribution < 1.29 is 4.39 Å². The summed E-state index contributed by atoms with van der Waals surface area (Å²) in [6.45, 7) is 3.46. The summed E-state index contributed by atoms with van der Waals surface area (Å²) in [5.41, 5.74) is 0.614. The molecule has 0 aliphatic rings. The molecule has 49 valence electrons. The van der Waals surface area contributed by atoms with Crippen LogP contribution in [0.5, 0.6) is 0 Å². The van der Waals surface area contributed by atoms with Gasteiger partial charge in [-0.2, -0.15) is 0 Å². The smallest absolute Gasteiger partial charge is 0.141 e. The molecule has 1 rings (SSSR count). The third-order valence-electron chi connectivity index (χ3n) is 1.23. The minimum absolute atomic E-state index is 0.271. The van der Waals surface area contributed by atoms with Gasteiger partial charge in [0.05, 0.1) is 5.56 Å².